The van der Waals surface area contributed by atoms with Gasteiger partial charge in [0.15, 0.2) is 6.10 Å². The van der Waals surface area contributed by atoms with Crippen LogP contribution < -0.4 is 5.32 Å². The third kappa shape index (κ3) is 3.16. The lowest BCUT2D eigenvalue weighted by atomic mass is 10.0. The average molecular weight is 349 g/mol. The number of urea groups is 1. The Morgan fingerprint density at radius 1 is 1.33 bits per heavy atom. The lowest BCUT2D eigenvalue weighted by Crippen LogP contribution is -2.50. The van der Waals surface area contributed by atoms with Crippen molar-refractivity contribution in [2.75, 3.05) is 25.0 Å². The highest BCUT2D eigenvalue weighted by Crippen LogP contribution is 2.33. The topological polar surface area (TPSA) is 78.9 Å². The summed E-state index contributed by atoms with van der Waals surface area (Å²) in [6.07, 6.45) is -0.993. The maximum atomic E-state index is 12.5. The second kappa shape index (κ2) is 6.67. The molecule has 126 valence electrons. The first-order chi connectivity index (χ1) is 11.5. The first kappa shape index (κ1) is 16.5. The standard InChI is InChI=1S/C17H17ClN2O4/c1-10-8-13(18)11-4-2-3-5-12(11)15(10)19-17(23)20-6-7-24-14(9-20)16(21)22/h2-5,8,14H,6-7,9H2,1H3,(H,19,23)(H,21,22). The van der Waals surface area contributed by atoms with Crippen molar-refractivity contribution in [2.24, 2.45) is 0 Å². The number of fused-ring (bicyclic) bond motifs is 1. The number of aryl methyl sites for hydroxylation is 1. The van der Waals surface area contributed by atoms with Gasteiger partial charge in [0.2, 0.25) is 0 Å². The number of anilines is 1. The largest absolute Gasteiger partial charge is 0.479 e. The number of halogens is 1. The fourth-order valence-corrected chi connectivity index (χ4v) is 3.13. The maximum Gasteiger partial charge on any atom is 0.334 e. The summed E-state index contributed by atoms with van der Waals surface area (Å²) < 4.78 is 5.14. The molecule has 6 nitrogen and oxygen atoms in total. The zero-order chi connectivity index (χ0) is 17.3. The molecule has 1 saturated heterocycles. The lowest BCUT2D eigenvalue weighted by Gasteiger charge is -2.31. The summed E-state index contributed by atoms with van der Waals surface area (Å²) in [6, 6.07) is 9.00. The van der Waals surface area contributed by atoms with E-state index in [4.69, 9.17) is 21.4 Å². The number of benzene rings is 2. The van der Waals surface area contributed by atoms with E-state index in [0.717, 1.165) is 16.3 Å². The number of nitrogens with one attached hydrogen (secondary N) is 1. The maximum absolute atomic E-state index is 12.5. The van der Waals surface area contributed by atoms with Crippen LogP contribution in [0.4, 0.5) is 10.5 Å². The lowest BCUT2D eigenvalue weighted by molar-refractivity contribution is -0.154. The van der Waals surface area contributed by atoms with Crippen molar-refractivity contribution in [1.29, 1.82) is 0 Å². The number of nitrogens with zero attached hydrogens (tertiary/aromatic N) is 1. The van der Waals surface area contributed by atoms with Gasteiger partial charge in [-0.1, -0.05) is 35.9 Å². The average Bonchev–Trinajstić information content (AvgIpc) is 2.58. The molecule has 1 aliphatic heterocycles. The minimum Gasteiger partial charge on any atom is -0.479 e. The van der Waals surface area contributed by atoms with Crippen molar-refractivity contribution in [3.05, 3.63) is 40.9 Å². The molecule has 2 aromatic rings. The molecule has 1 unspecified atom stereocenters. The molecular weight excluding hydrogens is 332 g/mol. The molecular formula is C17H17ClN2O4. The van der Waals surface area contributed by atoms with Gasteiger partial charge in [0.1, 0.15) is 0 Å². The SMILES string of the molecule is Cc1cc(Cl)c2ccccc2c1NC(=O)N1CCOC(C(=O)O)C1. The van der Waals surface area contributed by atoms with E-state index in [9.17, 15) is 9.59 Å². The van der Waals surface area contributed by atoms with E-state index in [-0.39, 0.29) is 19.2 Å². The number of aliphatic carboxylic acids is 1. The minimum atomic E-state index is -1.07. The number of carbonyl (C=O) groups is 2. The summed E-state index contributed by atoms with van der Waals surface area (Å²) in [5.74, 6) is -1.07. The highest BCUT2D eigenvalue weighted by atomic mass is 35.5. The van der Waals surface area contributed by atoms with Gasteiger partial charge in [-0.15, -0.1) is 0 Å². The number of amides is 2. The molecule has 0 spiro atoms. The monoisotopic (exact) mass is 348 g/mol. The van der Waals surface area contributed by atoms with Crippen LogP contribution in [0.2, 0.25) is 5.02 Å². The Balaban J connectivity index is 1.87. The molecule has 0 aromatic heterocycles. The van der Waals surface area contributed by atoms with Gasteiger partial charge in [-0.3, -0.25) is 0 Å². The number of carboxylic acids is 1. The summed E-state index contributed by atoms with van der Waals surface area (Å²) in [5.41, 5.74) is 1.52. The highest BCUT2D eigenvalue weighted by Gasteiger charge is 2.29. The van der Waals surface area contributed by atoms with E-state index in [1.54, 1.807) is 6.07 Å². The molecule has 1 atom stereocenters. The van der Waals surface area contributed by atoms with Crippen LogP contribution in [-0.4, -0.2) is 47.8 Å². The number of hydrogen-bond acceptors (Lipinski definition) is 3. The number of rotatable bonds is 2. The van der Waals surface area contributed by atoms with Gasteiger partial charge < -0.3 is 20.1 Å². The van der Waals surface area contributed by atoms with E-state index in [1.165, 1.54) is 4.90 Å². The molecule has 0 bridgehead atoms. The quantitative estimate of drug-likeness (QED) is 0.874. The molecule has 1 fully saturated rings. The Morgan fingerprint density at radius 2 is 2.04 bits per heavy atom. The van der Waals surface area contributed by atoms with Crippen molar-refractivity contribution in [3.63, 3.8) is 0 Å². The van der Waals surface area contributed by atoms with Crippen LogP contribution >= 0.6 is 11.6 Å². The molecule has 7 heteroatoms. The number of carboxylic acid groups (broad SMARTS) is 1. The molecule has 0 aliphatic carbocycles. The normalized spacial score (nSPS) is 17.8. The molecule has 3 rings (SSSR count). The Kier molecular flexibility index (Phi) is 4.59. The molecule has 24 heavy (non-hydrogen) atoms. The van der Waals surface area contributed by atoms with Crippen molar-refractivity contribution in [1.82, 2.24) is 4.90 Å². The molecule has 0 saturated carbocycles. The summed E-state index contributed by atoms with van der Waals surface area (Å²) in [7, 11) is 0. The minimum absolute atomic E-state index is 0.0196. The zero-order valence-electron chi connectivity index (χ0n) is 13.1. The van der Waals surface area contributed by atoms with Gasteiger partial charge in [0, 0.05) is 22.3 Å². The van der Waals surface area contributed by atoms with Crippen molar-refractivity contribution < 1.29 is 19.4 Å². The molecule has 0 radical (unpaired) electrons. The first-order valence-electron chi connectivity index (χ1n) is 7.55. The third-order valence-corrected chi connectivity index (χ3v) is 4.37. The van der Waals surface area contributed by atoms with Crippen LogP contribution in [0.25, 0.3) is 10.8 Å². The first-order valence-corrected chi connectivity index (χ1v) is 7.93. The molecule has 2 amide bonds. The number of hydrogen-bond donors (Lipinski definition) is 2. The fraction of sp³-hybridized carbons (Fsp3) is 0.294. The Labute approximate surface area is 144 Å². The fourth-order valence-electron chi connectivity index (χ4n) is 2.80. The Bertz CT molecular complexity index is 809. The zero-order valence-corrected chi connectivity index (χ0v) is 13.8. The van der Waals surface area contributed by atoms with E-state index >= 15 is 0 Å². The van der Waals surface area contributed by atoms with Gasteiger partial charge in [-0.05, 0) is 18.6 Å². The predicted molar refractivity (Wildman–Crippen MR) is 91.7 cm³/mol. The van der Waals surface area contributed by atoms with E-state index in [1.807, 2.05) is 31.2 Å². The number of morpholine rings is 1. The van der Waals surface area contributed by atoms with Crippen LogP contribution in [0.3, 0.4) is 0 Å². The van der Waals surface area contributed by atoms with Crippen LogP contribution in [0.1, 0.15) is 5.56 Å². The number of ether oxygens (including phenoxy) is 1. The van der Waals surface area contributed by atoms with Crippen LogP contribution in [-0.2, 0) is 9.53 Å². The van der Waals surface area contributed by atoms with E-state index in [0.29, 0.717) is 17.3 Å². The number of carbonyl (C=O) groups excluding carboxylic acids is 1. The van der Waals surface area contributed by atoms with Crippen LogP contribution in [0.15, 0.2) is 30.3 Å². The summed E-state index contributed by atoms with van der Waals surface area (Å²) in [6.45, 7) is 2.43. The third-order valence-electron chi connectivity index (χ3n) is 4.05. The van der Waals surface area contributed by atoms with Gasteiger partial charge in [-0.2, -0.15) is 0 Å². The van der Waals surface area contributed by atoms with Gasteiger partial charge in [0.05, 0.1) is 18.8 Å². The molecule has 1 heterocycles. The van der Waals surface area contributed by atoms with E-state index < -0.39 is 12.1 Å². The Hall–Kier alpha value is -2.31. The van der Waals surface area contributed by atoms with Crippen molar-refractivity contribution in [2.45, 2.75) is 13.0 Å². The summed E-state index contributed by atoms with van der Waals surface area (Å²) >= 11 is 6.27. The van der Waals surface area contributed by atoms with Crippen molar-refractivity contribution in [3.8, 4) is 0 Å². The summed E-state index contributed by atoms with van der Waals surface area (Å²) in [5, 5.41) is 14.3. The molecule has 2 N–H and O–H groups in total. The second-order valence-corrected chi connectivity index (χ2v) is 6.08. The highest BCUT2D eigenvalue weighted by molar-refractivity contribution is 6.36. The van der Waals surface area contributed by atoms with Crippen LogP contribution in [0.5, 0.6) is 0 Å². The van der Waals surface area contributed by atoms with Gasteiger partial charge in [0.25, 0.3) is 0 Å². The Morgan fingerprint density at radius 3 is 2.75 bits per heavy atom. The second-order valence-electron chi connectivity index (χ2n) is 5.67. The van der Waals surface area contributed by atoms with E-state index in [2.05, 4.69) is 5.32 Å². The molecule has 1 aliphatic rings. The van der Waals surface area contributed by atoms with Gasteiger partial charge >= 0.3 is 12.0 Å². The van der Waals surface area contributed by atoms with Crippen LogP contribution in [0, 0.1) is 6.92 Å². The molecule has 2 aromatic carbocycles. The smallest absolute Gasteiger partial charge is 0.334 e. The summed E-state index contributed by atoms with van der Waals surface area (Å²) in [4.78, 5) is 25.0. The van der Waals surface area contributed by atoms with Gasteiger partial charge in [-0.25, -0.2) is 9.59 Å². The predicted octanol–water partition coefficient (Wildman–Crippen LogP) is 3.12. The van der Waals surface area contributed by atoms with Crippen molar-refractivity contribution >= 4 is 40.1 Å².